The minimum Gasteiger partial charge on any atom is -0.489 e. The van der Waals surface area contributed by atoms with Gasteiger partial charge in [0.15, 0.2) is 0 Å². The molecule has 1 atom stereocenters. The largest absolute Gasteiger partial charge is 0.489 e. The average molecular weight is 636 g/mol. The van der Waals surface area contributed by atoms with E-state index in [9.17, 15) is 14.4 Å². The summed E-state index contributed by atoms with van der Waals surface area (Å²) in [7, 11) is 0. The molecule has 0 unspecified atom stereocenters. The summed E-state index contributed by atoms with van der Waals surface area (Å²) in [5.74, 6) is -0.607. The predicted molar refractivity (Wildman–Crippen MR) is 179 cm³/mol. The van der Waals surface area contributed by atoms with Gasteiger partial charge in [-0.1, -0.05) is 90.5 Å². The molecular weight excluding hydrogens is 594 g/mol. The number of esters is 2. The number of amides is 1. The lowest BCUT2D eigenvalue weighted by Gasteiger charge is -2.21. The number of hydrogen-bond donors (Lipinski definition) is 1. The lowest BCUT2D eigenvalue weighted by atomic mass is 9.98. The van der Waals surface area contributed by atoms with Crippen molar-refractivity contribution >= 4 is 18.0 Å². The quantitative estimate of drug-likeness (QED) is 0.126. The van der Waals surface area contributed by atoms with Crippen molar-refractivity contribution in [3.8, 4) is 16.9 Å². The Kier molecular flexibility index (Phi) is 10.6. The summed E-state index contributed by atoms with van der Waals surface area (Å²) in [6, 6.07) is 30.4. The monoisotopic (exact) mass is 635 g/mol. The van der Waals surface area contributed by atoms with Gasteiger partial charge in [-0.2, -0.15) is 0 Å². The van der Waals surface area contributed by atoms with Gasteiger partial charge in [-0.3, -0.25) is 4.79 Å². The van der Waals surface area contributed by atoms with Crippen LogP contribution in [-0.2, 0) is 37.0 Å². The number of ether oxygens (including phenoxy) is 4. The Balaban J connectivity index is 1.18. The highest BCUT2D eigenvalue weighted by atomic mass is 16.6. The number of aryl methyl sites for hydroxylation is 1. The predicted octanol–water partition coefficient (Wildman–Crippen LogP) is 7.65. The fourth-order valence-electron chi connectivity index (χ4n) is 5.47. The van der Waals surface area contributed by atoms with Gasteiger partial charge < -0.3 is 24.3 Å². The molecule has 0 saturated carbocycles. The van der Waals surface area contributed by atoms with Gasteiger partial charge in [0.2, 0.25) is 0 Å². The molecule has 0 bridgehead atoms. The molecule has 8 nitrogen and oxygen atoms in total. The highest BCUT2D eigenvalue weighted by Crippen LogP contribution is 2.44. The number of benzene rings is 4. The van der Waals surface area contributed by atoms with E-state index in [1.165, 1.54) is 5.56 Å². The molecule has 244 valence electrons. The van der Waals surface area contributed by atoms with Crippen LogP contribution in [0, 0.1) is 6.92 Å². The van der Waals surface area contributed by atoms with E-state index in [2.05, 4.69) is 17.4 Å². The highest BCUT2D eigenvalue weighted by molar-refractivity contribution is 5.83. The summed E-state index contributed by atoms with van der Waals surface area (Å²) in [4.78, 5) is 38.7. The number of fused-ring (bicyclic) bond motifs is 3. The van der Waals surface area contributed by atoms with Crippen molar-refractivity contribution in [3.05, 3.63) is 125 Å². The van der Waals surface area contributed by atoms with Crippen molar-refractivity contribution < 1.29 is 33.3 Å². The number of nitrogens with one attached hydrogen (secondary N) is 1. The Bertz CT molecular complexity index is 1640. The van der Waals surface area contributed by atoms with Crippen molar-refractivity contribution in [2.45, 2.75) is 71.3 Å². The van der Waals surface area contributed by atoms with Gasteiger partial charge in [0, 0.05) is 12.3 Å². The third-order valence-corrected chi connectivity index (χ3v) is 7.81. The summed E-state index contributed by atoms with van der Waals surface area (Å²) in [6.45, 7) is 7.85. The van der Waals surface area contributed by atoms with Crippen LogP contribution in [-0.4, -0.2) is 36.3 Å². The van der Waals surface area contributed by atoms with Crippen LogP contribution >= 0.6 is 0 Å². The molecule has 47 heavy (non-hydrogen) atoms. The molecule has 0 spiro atoms. The van der Waals surface area contributed by atoms with Crippen LogP contribution in [0.25, 0.3) is 11.1 Å². The first-order valence-electron chi connectivity index (χ1n) is 15.8. The molecule has 0 saturated heterocycles. The van der Waals surface area contributed by atoms with Gasteiger partial charge in [-0.05, 0) is 79.6 Å². The molecule has 4 aromatic rings. The van der Waals surface area contributed by atoms with Gasteiger partial charge in [-0.15, -0.1) is 0 Å². The second-order valence-corrected chi connectivity index (χ2v) is 12.7. The van der Waals surface area contributed by atoms with Crippen molar-refractivity contribution in [2.24, 2.45) is 0 Å². The first-order chi connectivity index (χ1) is 22.6. The second-order valence-electron chi connectivity index (χ2n) is 12.7. The van der Waals surface area contributed by atoms with Crippen molar-refractivity contribution in [3.63, 3.8) is 0 Å². The van der Waals surface area contributed by atoms with E-state index < -0.39 is 29.7 Å². The number of hydrogen-bond acceptors (Lipinski definition) is 7. The third-order valence-electron chi connectivity index (χ3n) is 7.81. The summed E-state index contributed by atoms with van der Waals surface area (Å²) >= 11 is 0. The van der Waals surface area contributed by atoms with Crippen molar-refractivity contribution in [1.29, 1.82) is 0 Å². The Morgan fingerprint density at radius 3 is 1.94 bits per heavy atom. The first kappa shape index (κ1) is 33.3. The standard InChI is InChI=1S/C39H41NO7/c1-26-13-15-27(16-14-26)23-44-29-19-17-28(18-20-29)24-45-37(42)35(21-22-36(41)47-39(2,3)4)40-38(43)46-25-34-32-11-7-5-9-30(32)31-10-6-8-12-33(31)34/h5-20,34-35H,21-25H2,1-4H3,(H,40,43)/t35-/m0/s1. The summed E-state index contributed by atoms with van der Waals surface area (Å²) in [5, 5.41) is 2.62. The van der Waals surface area contributed by atoms with E-state index in [1.807, 2.05) is 91.9 Å². The van der Waals surface area contributed by atoms with Gasteiger partial charge in [0.05, 0.1) is 0 Å². The van der Waals surface area contributed by atoms with Crippen molar-refractivity contribution in [1.82, 2.24) is 5.32 Å². The maximum Gasteiger partial charge on any atom is 0.407 e. The van der Waals surface area contributed by atoms with Gasteiger partial charge in [0.1, 0.15) is 37.2 Å². The fraction of sp³-hybridized carbons (Fsp3) is 0.308. The first-order valence-corrected chi connectivity index (χ1v) is 15.8. The van der Waals surface area contributed by atoms with Crippen LogP contribution in [0.15, 0.2) is 97.1 Å². The Hall–Kier alpha value is -5.11. The average Bonchev–Trinajstić information content (AvgIpc) is 3.37. The molecule has 8 heteroatoms. The van der Waals surface area contributed by atoms with Crippen LogP contribution in [0.2, 0.25) is 0 Å². The Morgan fingerprint density at radius 2 is 1.32 bits per heavy atom. The van der Waals surface area contributed by atoms with E-state index in [4.69, 9.17) is 18.9 Å². The summed E-state index contributed by atoms with van der Waals surface area (Å²) in [5.41, 5.74) is 6.70. The molecule has 0 aromatic heterocycles. The summed E-state index contributed by atoms with van der Waals surface area (Å²) < 4.78 is 22.5. The lowest BCUT2D eigenvalue weighted by molar-refractivity contribution is -0.155. The smallest absolute Gasteiger partial charge is 0.407 e. The maximum absolute atomic E-state index is 13.2. The number of alkyl carbamates (subject to hydrolysis) is 1. The molecule has 0 aliphatic heterocycles. The van der Waals surface area contributed by atoms with E-state index in [1.54, 1.807) is 20.8 Å². The summed E-state index contributed by atoms with van der Waals surface area (Å²) in [6.07, 6.45) is -0.870. The van der Waals surface area contributed by atoms with Crippen LogP contribution in [0.5, 0.6) is 5.75 Å². The molecular formula is C39H41NO7. The number of carbonyl (C=O) groups is 3. The zero-order valence-corrected chi connectivity index (χ0v) is 27.3. The fourth-order valence-corrected chi connectivity index (χ4v) is 5.47. The number of rotatable bonds is 12. The molecule has 1 aliphatic rings. The Morgan fingerprint density at radius 1 is 0.745 bits per heavy atom. The van der Waals surface area contributed by atoms with E-state index in [0.717, 1.165) is 33.4 Å². The third kappa shape index (κ3) is 9.22. The molecule has 1 aliphatic carbocycles. The molecule has 1 N–H and O–H groups in total. The molecule has 0 fully saturated rings. The SMILES string of the molecule is Cc1ccc(COc2ccc(COC(=O)[C@H](CCC(=O)OC(C)(C)C)NC(=O)OCC3c4ccccc4-c4ccccc43)cc2)cc1. The number of carbonyl (C=O) groups excluding carboxylic acids is 3. The lowest BCUT2D eigenvalue weighted by Crippen LogP contribution is -2.43. The van der Waals surface area contributed by atoms with Crippen LogP contribution < -0.4 is 10.1 Å². The van der Waals surface area contributed by atoms with Gasteiger partial charge in [0.25, 0.3) is 0 Å². The van der Waals surface area contributed by atoms with E-state index in [-0.39, 0.29) is 32.0 Å². The maximum atomic E-state index is 13.2. The molecule has 0 heterocycles. The zero-order valence-electron chi connectivity index (χ0n) is 27.3. The van der Waals surface area contributed by atoms with Gasteiger partial charge in [-0.25, -0.2) is 9.59 Å². The zero-order chi connectivity index (χ0) is 33.4. The second kappa shape index (κ2) is 15.0. The van der Waals surface area contributed by atoms with Crippen molar-refractivity contribution in [2.75, 3.05) is 6.61 Å². The minimum absolute atomic E-state index is 0.0102. The molecule has 5 rings (SSSR count). The minimum atomic E-state index is -1.12. The van der Waals surface area contributed by atoms with E-state index in [0.29, 0.717) is 12.4 Å². The highest BCUT2D eigenvalue weighted by Gasteiger charge is 2.30. The van der Waals surface area contributed by atoms with Crippen LogP contribution in [0.3, 0.4) is 0 Å². The van der Waals surface area contributed by atoms with Gasteiger partial charge >= 0.3 is 18.0 Å². The topological polar surface area (TPSA) is 100 Å². The molecule has 0 radical (unpaired) electrons. The normalized spacial score (nSPS) is 12.8. The molecule has 4 aromatic carbocycles. The van der Waals surface area contributed by atoms with Crippen LogP contribution in [0.1, 0.15) is 67.3 Å². The molecule has 1 amide bonds. The van der Waals surface area contributed by atoms with Crippen LogP contribution in [0.4, 0.5) is 4.79 Å². The Labute approximate surface area is 276 Å². The van der Waals surface area contributed by atoms with E-state index >= 15 is 0 Å².